The molecule has 0 atom stereocenters. The van der Waals surface area contributed by atoms with Gasteiger partial charge in [-0.1, -0.05) is 13.0 Å². The number of carbonyl (C=O) groups is 2. The number of amides is 2. The second-order valence-electron chi connectivity index (χ2n) is 5.50. The van der Waals surface area contributed by atoms with Gasteiger partial charge in [-0.25, -0.2) is 0 Å². The molecule has 2 rings (SSSR count). The lowest BCUT2D eigenvalue weighted by Crippen LogP contribution is -3.13. The molecular weight excluding hydrogens is 286 g/mol. The molecule has 0 aromatic carbocycles. The second kappa shape index (κ2) is 8.14. The van der Waals surface area contributed by atoms with E-state index in [-0.39, 0.29) is 24.4 Å². The van der Waals surface area contributed by atoms with Gasteiger partial charge in [0.15, 0.2) is 0 Å². The number of nitrogens with one attached hydrogen (secondary N) is 3. The summed E-state index contributed by atoms with van der Waals surface area (Å²) >= 11 is 1.38. The molecule has 1 fully saturated rings. The van der Waals surface area contributed by atoms with Crippen molar-refractivity contribution in [2.75, 3.05) is 26.2 Å². The molecule has 0 radical (unpaired) electrons. The third kappa shape index (κ3) is 5.13. The molecule has 0 bridgehead atoms. The largest absolute Gasteiger partial charge is 0.351 e. The summed E-state index contributed by atoms with van der Waals surface area (Å²) < 4.78 is 0. The van der Waals surface area contributed by atoms with E-state index in [0.717, 1.165) is 25.9 Å². The van der Waals surface area contributed by atoms with Gasteiger partial charge in [-0.3, -0.25) is 9.59 Å². The Labute approximate surface area is 129 Å². The van der Waals surface area contributed by atoms with Crippen LogP contribution in [0.2, 0.25) is 0 Å². The average Bonchev–Trinajstić information content (AvgIpc) is 3.01. The fraction of sp³-hybridized carbons (Fsp3) is 0.600. The van der Waals surface area contributed by atoms with E-state index < -0.39 is 0 Å². The van der Waals surface area contributed by atoms with Crippen molar-refractivity contribution in [1.29, 1.82) is 0 Å². The molecule has 1 saturated heterocycles. The highest BCUT2D eigenvalue weighted by Crippen LogP contribution is 2.07. The van der Waals surface area contributed by atoms with Crippen LogP contribution in [0.25, 0.3) is 0 Å². The molecule has 5 nitrogen and oxygen atoms in total. The van der Waals surface area contributed by atoms with Gasteiger partial charge in [0, 0.05) is 18.9 Å². The van der Waals surface area contributed by atoms with Crippen LogP contribution in [-0.4, -0.2) is 44.0 Å². The summed E-state index contributed by atoms with van der Waals surface area (Å²) in [6.45, 7) is 5.73. The molecule has 1 aromatic heterocycles. The van der Waals surface area contributed by atoms with Gasteiger partial charge in [-0.05, 0) is 17.9 Å². The van der Waals surface area contributed by atoms with Crippen molar-refractivity contribution in [2.24, 2.45) is 0 Å². The van der Waals surface area contributed by atoms with Crippen LogP contribution in [0.4, 0.5) is 0 Å². The predicted molar refractivity (Wildman–Crippen MR) is 83.7 cm³/mol. The molecule has 2 amide bonds. The topological polar surface area (TPSA) is 62.6 Å². The molecule has 6 heteroatoms. The van der Waals surface area contributed by atoms with Crippen LogP contribution in [0.15, 0.2) is 17.5 Å². The van der Waals surface area contributed by atoms with Crippen molar-refractivity contribution in [3.63, 3.8) is 0 Å². The van der Waals surface area contributed by atoms with E-state index in [2.05, 4.69) is 17.6 Å². The Hall–Kier alpha value is -1.40. The minimum absolute atomic E-state index is 0.0543. The lowest BCUT2D eigenvalue weighted by molar-refractivity contribution is -0.905. The minimum Gasteiger partial charge on any atom is -0.351 e. The summed E-state index contributed by atoms with van der Waals surface area (Å²) in [7, 11) is 0. The van der Waals surface area contributed by atoms with Crippen molar-refractivity contribution >= 4 is 23.2 Å². The van der Waals surface area contributed by atoms with Gasteiger partial charge in [-0.2, -0.15) is 0 Å². The summed E-state index contributed by atoms with van der Waals surface area (Å²) in [6.07, 6.45) is 3.26. The van der Waals surface area contributed by atoms with Crippen LogP contribution in [0.1, 0.15) is 35.9 Å². The monoisotopic (exact) mass is 310 g/mol. The first-order valence-electron chi connectivity index (χ1n) is 7.63. The van der Waals surface area contributed by atoms with Crippen molar-refractivity contribution < 1.29 is 14.5 Å². The average molecular weight is 310 g/mol. The van der Waals surface area contributed by atoms with Crippen molar-refractivity contribution in [2.45, 2.75) is 32.2 Å². The van der Waals surface area contributed by atoms with E-state index in [4.69, 9.17) is 0 Å². The summed E-state index contributed by atoms with van der Waals surface area (Å²) in [6, 6.07) is 3.84. The highest BCUT2D eigenvalue weighted by molar-refractivity contribution is 7.12. The molecule has 0 saturated carbocycles. The number of carbonyl (C=O) groups excluding carboxylic acids is 2. The molecule has 116 valence electrons. The molecule has 3 N–H and O–H groups in total. The lowest BCUT2D eigenvalue weighted by atomic mass is 10.0. The highest BCUT2D eigenvalue weighted by Gasteiger charge is 2.22. The van der Waals surface area contributed by atoms with Gasteiger partial charge in [-0.15, -0.1) is 11.3 Å². The molecule has 0 aliphatic carbocycles. The molecule has 0 spiro atoms. The number of quaternary nitrogens is 1. The molecule has 0 unspecified atom stereocenters. The van der Waals surface area contributed by atoms with Crippen LogP contribution in [0.5, 0.6) is 0 Å². The number of hydrogen-bond acceptors (Lipinski definition) is 3. The van der Waals surface area contributed by atoms with Gasteiger partial charge in [0.2, 0.25) is 5.91 Å². The van der Waals surface area contributed by atoms with Gasteiger partial charge >= 0.3 is 0 Å². The third-order valence-electron chi connectivity index (χ3n) is 3.82. The second-order valence-corrected chi connectivity index (χ2v) is 6.45. The quantitative estimate of drug-likeness (QED) is 0.695. The lowest BCUT2D eigenvalue weighted by Gasteiger charge is -2.29. The Balaban J connectivity index is 1.65. The fourth-order valence-electron chi connectivity index (χ4n) is 2.71. The molecule has 1 aliphatic heterocycles. The molecule has 21 heavy (non-hydrogen) atoms. The highest BCUT2D eigenvalue weighted by atomic mass is 32.1. The standard InChI is InChI=1S/C15H23N3O2S/c1-2-7-18-8-5-12(6-9-18)17-14(19)11-16-15(20)13-4-3-10-21-13/h3-4,10,12H,2,5-9,11H2,1H3,(H,16,20)(H,17,19)/p+1. The predicted octanol–water partition coefficient (Wildman–Crippen LogP) is 0.0514. The number of thiophene rings is 1. The van der Waals surface area contributed by atoms with Crippen molar-refractivity contribution in [3.05, 3.63) is 22.4 Å². The van der Waals surface area contributed by atoms with Crippen molar-refractivity contribution in [3.8, 4) is 0 Å². The van der Waals surface area contributed by atoms with Crippen molar-refractivity contribution in [1.82, 2.24) is 10.6 Å². The van der Waals surface area contributed by atoms with Crippen LogP contribution in [0.3, 0.4) is 0 Å². The molecular formula is C15H24N3O2S+. The van der Waals surface area contributed by atoms with Crippen LogP contribution >= 0.6 is 11.3 Å². The number of piperidine rings is 1. The van der Waals surface area contributed by atoms with E-state index in [1.807, 2.05) is 11.4 Å². The Morgan fingerprint density at radius 1 is 1.38 bits per heavy atom. The van der Waals surface area contributed by atoms with E-state index in [1.54, 1.807) is 11.0 Å². The Morgan fingerprint density at radius 2 is 2.14 bits per heavy atom. The Morgan fingerprint density at radius 3 is 2.76 bits per heavy atom. The minimum atomic E-state index is -0.178. The van der Waals surface area contributed by atoms with E-state index in [0.29, 0.717) is 4.88 Å². The van der Waals surface area contributed by atoms with Gasteiger partial charge in [0.25, 0.3) is 5.91 Å². The number of hydrogen-bond donors (Lipinski definition) is 3. The number of likely N-dealkylation sites (tertiary alicyclic amines) is 1. The first-order chi connectivity index (χ1) is 10.2. The maximum atomic E-state index is 11.9. The maximum Gasteiger partial charge on any atom is 0.261 e. The summed E-state index contributed by atoms with van der Waals surface area (Å²) in [5, 5.41) is 7.52. The zero-order chi connectivity index (χ0) is 15.1. The maximum absolute atomic E-state index is 11.9. The van der Waals surface area contributed by atoms with Crippen LogP contribution in [-0.2, 0) is 4.79 Å². The zero-order valence-electron chi connectivity index (χ0n) is 12.5. The summed E-state index contributed by atoms with van der Waals surface area (Å²) in [5.74, 6) is -0.272. The smallest absolute Gasteiger partial charge is 0.261 e. The van der Waals surface area contributed by atoms with E-state index in [1.165, 1.54) is 24.3 Å². The Bertz CT molecular complexity index is 453. The van der Waals surface area contributed by atoms with E-state index >= 15 is 0 Å². The third-order valence-corrected chi connectivity index (χ3v) is 4.68. The Kier molecular flexibility index (Phi) is 6.20. The first kappa shape index (κ1) is 16.0. The molecule has 2 heterocycles. The summed E-state index contributed by atoms with van der Waals surface area (Å²) in [4.78, 5) is 25.9. The van der Waals surface area contributed by atoms with E-state index in [9.17, 15) is 9.59 Å². The summed E-state index contributed by atoms with van der Waals surface area (Å²) in [5.41, 5.74) is 0. The van der Waals surface area contributed by atoms with Gasteiger partial charge < -0.3 is 15.5 Å². The normalized spacial score (nSPS) is 21.8. The molecule has 1 aromatic rings. The number of rotatable bonds is 6. The van der Waals surface area contributed by atoms with Gasteiger partial charge in [0.1, 0.15) is 0 Å². The van der Waals surface area contributed by atoms with Crippen LogP contribution < -0.4 is 15.5 Å². The first-order valence-corrected chi connectivity index (χ1v) is 8.51. The molecule has 1 aliphatic rings. The fourth-order valence-corrected chi connectivity index (χ4v) is 3.35. The van der Waals surface area contributed by atoms with Crippen LogP contribution in [0, 0.1) is 0 Å². The SMILES string of the molecule is CCC[NH+]1CCC(NC(=O)CNC(=O)c2cccs2)CC1. The zero-order valence-corrected chi connectivity index (χ0v) is 13.3. The van der Waals surface area contributed by atoms with Gasteiger partial charge in [0.05, 0.1) is 31.1 Å².